The van der Waals surface area contributed by atoms with Crippen LogP contribution in [-0.4, -0.2) is 75.6 Å². The van der Waals surface area contributed by atoms with E-state index in [4.69, 9.17) is 18.5 Å². The second-order valence-electron chi connectivity index (χ2n) is 17.8. The van der Waals surface area contributed by atoms with Crippen molar-refractivity contribution < 1.29 is 37.3 Å². The number of ether oxygens (including phenoxy) is 2. The molecule has 0 aliphatic rings. The van der Waals surface area contributed by atoms with E-state index in [1.807, 2.05) is 21.1 Å². The molecule has 0 aromatic rings. The van der Waals surface area contributed by atoms with Crippen LogP contribution in [0.25, 0.3) is 0 Å². The molecule has 64 heavy (non-hydrogen) atoms. The van der Waals surface area contributed by atoms with Crippen molar-refractivity contribution in [2.75, 3.05) is 54.1 Å². The van der Waals surface area contributed by atoms with Gasteiger partial charge in [-0.15, -0.1) is 0 Å². The molecule has 0 aromatic carbocycles. The Kier molecular flexibility index (Phi) is 45.0. The number of phosphoric acid groups is 1. The lowest BCUT2D eigenvalue weighted by molar-refractivity contribution is -0.870. The van der Waals surface area contributed by atoms with E-state index in [-0.39, 0.29) is 25.8 Å². The van der Waals surface area contributed by atoms with Crippen LogP contribution in [0.5, 0.6) is 0 Å². The first-order valence-corrected chi connectivity index (χ1v) is 27.0. The molecule has 8 nitrogen and oxygen atoms in total. The molecule has 1 N–H and O–H groups in total. The summed E-state index contributed by atoms with van der Waals surface area (Å²) in [6, 6.07) is 0. The number of carbonyl (C=O) groups is 1. The number of nitrogens with zero attached hydrogens (tertiary/aromatic N) is 1. The van der Waals surface area contributed by atoms with Gasteiger partial charge in [-0.1, -0.05) is 182 Å². The van der Waals surface area contributed by atoms with E-state index in [1.54, 1.807) is 0 Å². The summed E-state index contributed by atoms with van der Waals surface area (Å²) in [6.45, 7) is 5.43. The fourth-order valence-corrected chi connectivity index (χ4v) is 7.21. The van der Waals surface area contributed by atoms with Gasteiger partial charge < -0.3 is 18.9 Å². The second-order valence-corrected chi connectivity index (χ2v) is 19.3. The third kappa shape index (κ3) is 50.4. The van der Waals surface area contributed by atoms with E-state index < -0.39 is 13.9 Å². The number of quaternary nitrogens is 1. The smallest absolute Gasteiger partial charge is 0.457 e. The maximum Gasteiger partial charge on any atom is 0.472 e. The number of esters is 1. The van der Waals surface area contributed by atoms with E-state index >= 15 is 0 Å². The van der Waals surface area contributed by atoms with E-state index in [1.165, 1.54) is 64.2 Å². The molecule has 0 aliphatic heterocycles. The highest BCUT2D eigenvalue weighted by Gasteiger charge is 2.26. The molecular weight excluding hydrogens is 818 g/mol. The van der Waals surface area contributed by atoms with Gasteiger partial charge in [0.15, 0.2) is 0 Å². The second kappa shape index (κ2) is 46.9. The summed E-state index contributed by atoms with van der Waals surface area (Å²) in [7, 11) is 1.63. The van der Waals surface area contributed by atoms with E-state index in [9.17, 15) is 14.3 Å². The van der Waals surface area contributed by atoms with Gasteiger partial charge in [-0.05, 0) is 96.3 Å². The molecule has 0 saturated carbocycles. The number of allylic oxidation sites excluding steroid dienone is 16. The van der Waals surface area contributed by atoms with Gasteiger partial charge in [0.2, 0.25) is 0 Å². The fourth-order valence-electron chi connectivity index (χ4n) is 6.47. The minimum absolute atomic E-state index is 0.0777. The van der Waals surface area contributed by atoms with Crippen LogP contribution in [0.15, 0.2) is 97.2 Å². The molecule has 0 saturated heterocycles. The van der Waals surface area contributed by atoms with Gasteiger partial charge >= 0.3 is 13.8 Å². The molecule has 9 heteroatoms. The van der Waals surface area contributed by atoms with Crippen molar-refractivity contribution >= 4 is 13.8 Å². The summed E-state index contributed by atoms with van der Waals surface area (Å²) < 4.78 is 35.1. The average molecular weight is 915 g/mol. The van der Waals surface area contributed by atoms with Crippen molar-refractivity contribution in [3.05, 3.63) is 97.2 Å². The number of likely N-dealkylation sites (N-methyl/N-ethyl adjacent to an activating group) is 1. The third-order valence-corrected chi connectivity index (χ3v) is 11.4. The van der Waals surface area contributed by atoms with Crippen molar-refractivity contribution in [3.63, 3.8) is 0 Å². The highest BCUT2D eigenvalue weighted by molar-refractivity contribution is 7.47. The normalized spacial score (nSPS) is 14.4. The predicted octanol–water partition coefficient (Wildman–Crippen LogP) is 15.8. The summed E-state index contributed by atoms with van der Waals surface area (Å²) in [6.07, 6.45) is 64.5. The Hall–Kier alpha value is -2.58. The Balaban J connectivity index is 4.23. The lowest BCUT2D eigenvalue weighted by Crippen LogP contribution is -2.37. The number of carbonyl (C=O) groups excluding carboxylic acids is 1. The summed E-state index contributed by atoms with van der Waals surface area (Å²) in [5, 5.41) is 0. The zero-order valence-electron chi connectivity index (χ0n) is 41.7. The maximum atomic E-state index is 12.8. The summed E-state index contributed by atoms with van der Waals surface area (Å²) in [4.78, 5) is 23.0. The van der Waals surface area contributed by atoms with Crippen LogP contribution < -0.4 is 0 Å². The molecule has 0 heterocycles. The molecule has 0 fully saturated rings. The van der Waals surface area contributed by atoms with Crippen molar-refractivity contribution in [3.8, 4) is 0 Å². The lowest BCUT2D eigenvalue weighted by atomic mass is 10.1. The van der Waals surface area contributed by atoms with E-state index in [2.05, 4.69) is 111 Å². The van der Waals surface area contributed by atoms with E-state index in [0.29, 0.717) is 24.1 Å². The van der Waals surface area contributed by atoms with Crippen LogP contribution in [0.3, 0.4) is 0 Å². The number of unbranched alkanes of at least 4 members (excludes halogenated alkanes) is 16. The van der Waals surface area contributed by atoms with Crippen LogP contribution >= 0.6 is 7.82 Å². The summed E-state index contributed by atoms with van der Waals surface area (Å²) >= 11 is 0. The van der Waals surface area contributed by atoms with Crippen LogP contribution in [0.1, 0.15) is 187 Å². The Morgan fingerprint density at radius 1 is 0.500 bits per heavy atom. The Morgan fingerprint density at radius 3 is 1.36 bits per heavy atom. The fraction of sp³-hybridized carbons (Fsp3) is 0.691. The number of hydrogen-bond donors (Lipinski definition) is 1. The van der Waals surface area contributed by atoms with Crippen molar-refractivity contribution in [1.29, 1.82) is 0 Å². The molecule has 0 aliphatic carbocycles. The zero-order chi connectivity index (χ0) is 46.9. The first-order chi connectivity index (χ1) is 31.1. The van der Waals surface area contributed by atoms with Crippen LogP contribution in [-0.2, 0) is 27.9 Å². The first-order valence-electron chi connectivity index (χ1n) is 25.5. The highest BCUT2D eigenvalue weighted by atomic mass is 31.2. The van der Waals surface area contributed by atoms with Gasteiger partial charge in [-0.25, -0.2) is 4.57 Å². The quantitative estimate of drug-likeness (QED) is 0.0214. The van der Waals surface area contributed by atoms with E-state index in [0.717, 1.165) is 103 Å². The minimum atomic E-state index is -4.29. The van der Waals surface area contributed by atoms with Crippen LogP contribution in [0, 0.1) is 0 Å². The average Bonchev–Trinajstić information content (AvgIpc) is 3.25. The standard InChI is InChI=1S/C55H96NO7P/c1-6-8-10-12-14-16-18-20-22-24-25-26-27-28-29-30-31-32-34-36-38-40-42-44-46-48-55(57)63-54(53-62-64(58,59)61-51-49-56(3,4)5)52-60-50-47-45-43-41-39-37-35-33-23-21-19-17-15-13-11-9-7-2/h8,10,14,16-17,19-20,22-23,25-26,28-29,31-33,54H,6-7,9,11-13,15,18,21,24,27,30,34-53H2,1-5H3/p+1/b10-8-,16-14-,19-17-,22-20-,26-25-,29-28-,32-31-,33-23-. The largest absolute Gasteiger partial charge is 0.472 e. The molecule has 368 valence electrons. The van der Waals surface area contributed by atoms with Gasteiger partial charge in [0.25, 0.3) is 0 Å². The SMILES string of the molecule is CC/C=C\C/C=C\C/C=C\C/C=C\C/C=C\C/C=C\CCCCCCCCC(=O)OC(COCCCCCCCC/C=C\C/C=C\CCCCCC)COP(=O)(O)OCC[N+](C)(C)C. The van der Waals surface area contributed by atoms with Gasteiger partial charge in [0.05, 0.1) is 34.4 Å². The van der Waals surface area contributed by atoms with Crippen molar-refractivity contribution in [1.82, 2.24) is 0 Å². The lowest BCUT2D eigenvalue weighted by Gasteiger charge is -2.24. The molecule has 0 rings (SSSR count). The molecule has 0 spiro atoms. The Bertz CT molecular complexity index is 1340. The number of phosphoric ester groups is 1. The van der Waals surface area contributed by atoms with Crippen molar-refractivity contribution in [2.24, 2.45) is 0 Å². The van der Waals surface area contributed by atoms with Gasteiger partial charge in [-0.2, -0.15) is 0 Å². The first kappa shape index (κ1) is 61.4. The van der Waals surface area contributed by atoms with Crippen molar-refractivity contribution in [2.45, 2.75) is 193 Å². The Morgan fingerprint density at radius 2 is 0.906 bits per heavy atom. The third-order valence-electron chi connectivity index (χ3n) is 10.4. The molecule has 0 amide bonds. The van der Waals surface area contributed by atoms with Crippen LogP contribution in [0.4, 0.5) is 0 Å². The van der Waals surface area contributed by atoms with Crippen LogP contribution in [0.2, 0.25) is 0 Å². The molecule has 0 aromatic heterocycles. The highest BCUT2D eigenvalue weighted by Crippen LogP contribution is 2.43. The molecular formula is C55H97NO7P+. The van der Waals surface area contributed by atoms with Gasteiger partial charge in [0.1, 0.15) is 19.3 Å². The number of rotatable bonds is 46. The number of hydrogen-bond acceptors (Lipinski definition) is 6. The van der Waals surface area contributed by atoms with Gasteiger partial charge in [-0.3, -0.25) is 13.8 Å². The topological polar surface area (TPSA) is 91.3 Å². The molecule has 2 unspecified atom stereocenters. The summed E-state index contributed by atoms with van der Waals surface area (Å²) in [5.41, 5.74) is 0. The predicted molar refractivity (Wildman–Crippen MR) is 274 cm³/mol. The maximum absolute atomic E-state index is 12.8. The molecule has 0 bridgehead atoms. The Labute approximate surface area is 394 Å². The minimum Gasteiger partial charge on any atom is -0.457 e. The summed E-state index contributed by atoms with van der Waals surface area (Å²) in [5.74, 6) is -0.335. The van der Waals surface area contributed by atoms with Gasteiger partial charge in [0, 0.05) is 13.0 Å². The zero-order valence-corrected chi connectivity index (χ0v) is 42.6. The molecule has 2 atom stereocenters. The monoisotopic (exact) mass is 915 g/mol. The molecule has 0 radical (unpaired) electrons.